The molecule has 0 spiro atoms. The summed E-state index contributed by atoms with van der Waals surface area (Å²) < 4.78 is 22.7. The second-order valence-corrected chi connectivity index (χ2v) is 17.6. The average Bonchev–Trinajstić information content (AvgIpc) is 3.29. The molecule has 2 aliphatic rings. The summed E-state index contributed by atoms with van der Waals surface area (Å²) in [5, 5.41) is 86.7. The van der Waals surface area contributed by atoms with E-state index in [0.29, 0.717) is 19.3 Å². The molecule has 2 heterocycles. The molecule has 0 aromatic heterocycles. The molecule has 12 unspecified atom stereocenters. The molecule has 0 aliphatic carbocycles. The Bertz CT molecular complexity index is 1260. The number of nitrogens with one attached hydrogen (secondary N) is 1. The van der Waals surface area contributed by atoms with E-state index in [9.17, 15) is 45.6 Å². The maximum absolute atomic E-state index is 13.2. The third-order valence-corrected chi connectivity index (χ3v) is 12.1. The Labute approximate surface area is 384 Å². The number of ether oxygens (including phenoxy) is 4. The maximum Gasteiger partial charge on any atom is 0.220 e. The summed E-state index contributed by atoms with van der Waals surface area (Å²) in [7, 11) is 0. The number of aliphatic hydroxyl groups excluding tert-OH is 8. The van der Waals surface area contributed by atoms with Crippen LogP contribution >= 0.6 is 0 Å². The zero-order chi connectivity index (χ0) is 46.8. The number of aliphatic hydroxyl groups is 8. The number of rotatable bonds is 37. The van der Waals surface area contributed by atoms with Crippen molar-refractivity contribution < 1.29 is 64.6 Å². The molecular weight excluding hydrogens is 823 g/mol. The van der Waals surface area contributed by atoms with Crippen molar-refractivity contribution >= 4 is 5.91 Å². The lowest BCUT2D eigenvalue weighted by Crippen LogP contribution is -2.65. The largest absolute Gasteiger partial charge is 0.394 e. The van der Waals surface area contributed by atoms with Crippen molar-refractivity contribution in [2.24, 2.45) is 0 Å². The Morgan fingerprint density at radius 3 is 1.66 bits per heavy atom. The van der Waals surface area contributed by atoms with Crippen molar-refractivity contribution in [3.63, 3.8) is 0 Å². The van der Waals surface area contributed by atoms with E-state index in [1.807, 2.05) is 0 Å². The number of unbranched alkanes of at least 4 members (excludes halogenated alkanes) is 16. The number of carbonyl (C=O) groups is 1. The molecule has 0 aromatic rings. The van der Waals surface area contributed by atoms with E-state index in [1.54, 1.807) is 0 Å². The van der Waals surface area contributed by atoms with Crippen molar-refractivity contribution in [2.45, 2.75) is 242 Å². The predicted octanol–water partition coefficient (Wildman–Crippen LogP) is 6.10. The van der Waals surface area contributed by atoms with Crippen molar-refractivity contribution in [1.82, 2.24) is 5.32 Å². The van der Waals surface area contributed by atoms with E-state index in [1.165, 1.54) is 57.8 Å². The minimum atomic E-state index is -1.78. The van der Waals surface area contributed by atoms with Crippen LogP contribution in [0, 0.1) is 0 Å². The molecule has 2 fully saturated rings. The minimum Gasteiger partial charge on any atom is -0.394 e. The van der Waals surface area contributed by atoms with Crippen LogP contribution < -0.4 is 5.32 Å². The lowest BCUT2D eigenvalue weighted by atomic mass is 9.97. The summed E-state index contributed by atoms with van der Waals surface area (Å²) in [6.07, 6.45) is 25.5. The summed E-state index contributed by atoms with van der Waals surface area (Å²) in [5.74, 6) is -0.220. The van der Waals surface area contributed by atoms with E-state index in [4.69, 9.17) is 18.9 Å². The van der Waals surface area contributed by atoms with Crippen LogP contribution in [-0.4, -0.2) is 140 Å². The average molecular weight is 912 g/mol. The van der Waals surface area contributed by atoms with E-state index < -0.39 is 86.8 Å². The first-order valence-electron chi connectivity index (χ1n) is 24.9. The number of amides is 1. The normalized spacial score (nSPS) is 27.7. The van der Waals surface area contributed by atoms with Gasteiger partial charge in [-0.05, 0) is 51.4 Å². The SMILES string of the molecule is CC/C=C\C/C=C\C/C=C\C/C=C\CCCCCCCCCCC(=O)NC(COC1OC(CO)C(OC2OC(CO)C(O)C(O)C2O)C(O)C1O)C(O)CCCCCCCCCCC. The highest BCUT2D eigenvalue weighted by atomic mass is 16.7. The quantitative estimate of drug-likeness (QED) is 0.0254. The molecule has 372 valence electrons. The fourth-order valence-electron chi connectivity index (χ4n) is 7.99. The predicted molar refractivity (Wildman–Crippen MR) is 249 cm³/mol. The molecule has 12 atom stereocenters. The number of carbonyl (C=O) groups excluding carboxylic acids is 1. The van der Waals surface area contributed by atoms with Crippen LogP contribution in [0.3, 0.4) is 0 Å². The Hall–Kier alpha value is -2.05. The van der Waals surface area contributed by atoms with Gasteiger partial charge in [0.1, 0.15) is 48.8 Å². The Morgan fingerprint density at radius 1 is 0.578 bits per heavy atom. The molecule has 0 bridgehead atoms. The van der Waals surface area contributed by atoms with Gasteiger partial charge in [0.25, 0.3) is 0 Å². The topological polar surface area (TPSA) is 228 Å². The standard InChI is InChI=1S/C50H89NO13/c1-3-5-7-9-11-13-14-15-16-17-18-19-20-21-22-23-24-26-28-30-32-34-42(55)51-38(39(54)33-31-29-27-25-12-10-8-6-4-2)37-61-49-47(60)45(58)48(41(36-53)63-49)64-50-46(59)44(57)43(56)40(35-52)62-50/h5,7,11,13,15-16,18-19,38-41,43-50,52-54,56-60H,3-4,6,8-10,12,14,17,20-37H2,1-2H3,(H,51,55)/b7-5-,13-11-,16-15-,19-18-. The van der Waals surface area contributed by atoms with Gasteiger partial charge in [-0.1, -0.05) is 159 Å². The summed E-state index contributed by atoms with van der Waals surface area (Å²) in [6, 6.07) is -0.832. The third kappa shape index (κ3) is 24.1. The van der Waals surface area contributed by atoms with Crippen LogP contribution in [0.5, 0.6) is 0 Å². The fraction of sp³-hybridized carbons (Fsp3) is 0.820. The maximum atomic E-state index is 13.2. The third-order valence-electron chi connectivity index (χ3n) is 12.1. The second kappa shape index (κ2) is 37.0. The highest BCUT2D eigenvalue weighted by Crippen LogP contribution is 2.30. The number of allylic oxidation sites excluding steroid dienone is 8. The number of hydrogen-bond donors (Lipinski definition) is 9. The smallest absolute Gasteiger partial charge is 0.220 e. The van der Waals surface area contributed by atoms with E-state index in [-0.39, 0.29) is 12.5 Å². The summed E-state index contributed by atoms with van der Waals surface area (Å²) in [5.41, 5.74) is 0. The van der Waals surface area contributed by atoms with Crippen LogP contribution in [-0.2, 0) is 23.7 Å². The Kier molecular flexibility index (Phi) is 33.6. The Morgan fingerprint density at radius 2 is 1.08 bits per heavy atom. The van der Waals surface area contributed by atoms with Crippen LogP contribution in [0.15, 0.2) is 48.6 Å². The van der Waals surface area contributed by atoms with Gasteiger partial charge in [0.15, 0.2) is 12.6 Å². The zero-order valence-electron chi connectivity index (χ0n) is 39.3. The van der Waals surface area contributed by atoms with Gasteiger partial charge < -0.3 is 65.1 Å². The van der Waals surface area contributed by atoms with Crippen LogP contribution in [0.1, 0.15) is 168 Å². The molecule has 14 heteroatoms. The van der Waals surface area contributed by atoms with Crippen molar-refractivity contribution in [2.75, 3.05) is 19.8 Å². The summed E-state index contributed by atoms with van der Waals surface area (Å²) >= 11 is 0. The molecule has 64 heavy (non-hydrogen) atoms. The fourth-order valence-corrected chi connectivity index (χ4v) is 7.99. The molecule has 0 radical (unpaired) electrons. The highest BCUT2D eigenvalue weighted by molar-refractivity contribution is 5.76. The number of hydrogen-bond acceptors (Lipinski definition) is 13. The molecule has 2 aliphatic heterocycles. The molecule has 2 rings (SSSR count). The Balaban J connectivity index is 1.78. The minimum absolute atomic E-state index is 0.220. The van der Waals surface area contributed by atoms with Gasteiger partial charge in [-0.25, -0.2) is 0 Å². The van der Waals surface area contributed by atoms with Crippen LogP contribution in [0.2, 0.25) is 0 Å². The first kappa shape index (κ1) is 58.1. The first-order chi connectivity index (χ1) is 31.1. The molecule has 0 aromatic carbocycles. The van der Waals surface area contributed by atoms with Gasteiger partial charge in [0.2, 0.25) is 5.91 Å². The van der Waals surface area contributed by atoms with Gasteiger partial charge in [-0.2, -0.15) is 0 Å². The lowest BCUT2D eigenvalue weighted by molar-refractivity contribution is -0.359. The van der Waals surface area contributed by atoms with E-state index >= 15 is 0 Å². The van der Waals surface area contributed by atoms with E-state index in [0.717, 1.165) is 77.0 Å². The van der Waals surface area contributed by atoms with E-state index in [2.05, 4.69) is 67.8 Å². The molecule has 9 N–H and O–H groups in total. The van der Waals surface area contributed by atoms with Gasteiger partial charge in [0.05, 0.1) is 32.0 Å². The first-order valence-corrected chi connectivity index (χ1v) is 24.9. The molecular formula is C50H89NO13. The summed E-state index contributed by atoms with van der Waals surface area (Å²) in [6.45, 7) is 2.68. The monoisotopic (exact) mass is 912 g/mol. The lowest BCUT2D eigenvalue weighted by Gasteiger charge is -2.46. The van der Waals surface area contributed by atoms with Crippen molar-refractivity contribution in [3.8, 4) is 0 Å². The van der Waals surface area contributed by atoms with Crippen LogP contribution in [0.25, 0.3) is 0 Å². The van der Waals surface area contributed by atoms with Gasteiger partial charge in [-0.3, -0.25) is 4.79 Å². The van der Waals surface area contributed by atoms with Gasteiger partial charge >= 0.3 is 0 Å². The zero-order valence-corrected chi connectivity index (χ0v) is 39.3. The summed E-state index contributed by atoms with van der Waals surface area (Å²) in [4.78, 5) is 13.2. The molecule has 2 saturated heterocycles. The van der Waals surface area contributed by atoms with Crippen LogP contribution in [0.4, 0.5) is 0 Å². The second-order valence-electron chi connectivity index (χ2n) is 17.6. The molecule has 0 saturated carbocycles. The van der Waals surface area contributed by atoms with Crippen molar-refractivity contribution in [1.29, 1.82) is 0 Å². The highest BCUT2D eigenvalue weighted by Gasteiger charge is 2.51. The van der Waals surface area contributed by atoms with Gasteiger partial charge in [0, 0.05) is 6.42 Å². The van der Waals surface area contributed by atoms with Gasteiger partial charge in [-0.15, -0.1) is 0 Å². The molecule has 14 nitrogen and oxygen atoms in total. The molecule has 1 amide bonds. The van der Waals surface area contributed by atoms with Crippen molar-refractivity contribution in [3.05, 3.63) is 48.6 Å².